The molecule has 2 aromatic carbocycles. The van der Waals surface area contributed by atoms with Gasteiger partial charge in [-0.3, -0.25) is 4.57 Å². The first kappa shape index (κ1) is 18.8. The van der Waals surface area contributed by atoms with E-state index in [-0.39, 0.29) is 0 Å². The summed E-state index contributed by atoms with van der Waals surface area (Å²) in [6.07, 6.45) is 1.82. The van der Waals surface area contributed by atoms with Crippen LogP contribution in [0, 0.1) is 0 Å². The van der Waals surface area contributed by atoms with Gasteiger partial charge in [0.1, 0.15) is 5.75 Å². The average molecular weight is 406 g/mol. The van der Waals surface area contributed by atoms with Crippen molar-refractivity contribution in [1.29, 1.82) is 0 Å². The summed E-state index contributed by atoms with van der Waals surface area (Å²) in [7, 11) is 1.66. The smallest absolute Gasteiger partial charge is 0.192 e. The summed E-state index contributed by atoms with van der Waals surface area (Å²) in [6, 6.07) is 13.4. The van der Waals surface area contributed by atoms with Gasteiger partial charge in [-0.25, -0.2) is 0 Å². The minimum Gasteiger partial charge on any atom is -0.497 e. The zero-order valence-electron chi connectivity index (χ0n) is 14.2. The lowest BCUT2D eigenvalue weighted by Crippen LogP contribution is -2.00. The minimum absolute atomic E-state index is 0.489. The van der Waals surface area contributed by atoms with Gasteiger partial charge < -0.3 is 4.74 Å². The molecule has 0 amide bonds. The van der Waals surface area contributed by atoms with Crippen LogP contribution in [0.4, 0.5) is 0 Å². The van der Waals surface area contributed by atoms with Crippen LogP contribution >= 0.6 is 35.0 Å². The molecule has 1 heterocycles. The number of halogens is 2. The summed E-state index contributed by atoms with van der Waals surface area (Å²) < 4.78 is 7.28. The highest BCUT2D eigenvalue weighted by Crippen LogP contribution is 2.31. The molecule has 3 rings (SSSR count). The van der Waals surface area contributed by atoms with E-state index in [0.717, 1.165) is 33.6 Å². The molecule has 134 valence electrons. The van der Waals surface area contributed by atoms with Crippen LogP contribution in [0.15, 0.2) is 60.3 Å². The van der Waals surface area contributed by atoms with Crippen molar-refractivity contribution in [2.45, 2.75) is 17.5 Å². The van der Waals surface area contributed by atoms with E-state index in [1.807, 2.05) is 34.9 Å². The summed E-state index contributed by atoms with van der Waals surface area (Å²) >= 11 is 13.8. The molecule has 26 heavy (non-hydrogen) atoms. The van der Waals surface area contributed by atoms with Crippen LogP contribution in [0.5, 0.6) is 5.75 Å². The molecule has 3 aromatic rings. The monoisotopic (exact) mass is 405 g/mol. The molecule has 0 N–H and O–H groups in total. The number of nitrogens with zero attached hydrogens (tertiary/aromatic N) is 3. The molecule has 0 aliphatic heterocycles. The molecule has 0 saturated heterocycles. The third kappa shape index (κ3) is 4.23. The Hall–Kier alpha value is -1.95. The second-order valence-electron chi connectivity index (χ2n) is 5.47. The van der Waals surface area contributed by atoms with Crippen molar-refractivity contribution in [3.63, 3.8) is 0 Å². The first-order chi connectivity index (χ1) is 12.6. The molecule has 0 bridgehead atoms. The summed E-state index contributed by atoms with van der Waals surface area (Å²) in [5.41, 5.74) is 2.01. The number of methoxy groups -OCH3 is 1. The number of hydrogen-bond donors (Lipinski definition) is 0. The van der Waals surface area contributed by atoms with E-state index in [9.17, 15) is 0 Å². The van der Waals surface area contributed by atoms with E-state index in [1.165, 1.54) is 0 Å². The zero-order valence-corrected chi connectivity index (χ0v) is 16.5. The zero-order chi connectivity index (χ0) is 18.5. The van der Waals surface area contributed by atoms with Gasteiger partial charge in [-0.2, -0.15) is 0 Å². The van der Waals surface area contributed by atoms with Gasteiger partial charge in [0.2, 0.25) is 0 Å². The van der Waals surface area contributed by atoms with Gasteiger partial charge in [-0.1, -0.05) is 53.2 Å². The summed E-state index contributed by atoms with van der Waals surface area (Å²) in [5.74, 6) is 2.33. The Morgan fingerprint density at radius 1 is 1.15 bits per heavy atom. The number of rotatable bonds is 7. The molecule has 0 unspecified atom stereocenters. The van der Waals surface area contributed by atoms with Crippen molar-refractivity contribution in [1.82, 2.24) is 14.8 Å². The molecule has 4 nitrogen and oxygen atoms in total. The maximum atomic E-state index is 6.14. The van der Waals surface area contributed by atoms with E-state index in [2.05, 4.69) is 22.8 Å². The van der Waals surface area contributed by atoms with Crippen molar-refractivity contribution < 1.29 is 4.74 Å². The fourth-order valence-electron chi connectivity index (χ4n) is 2.45. The van der Waals surface area contributed by atoms with Crippen LogP contribution < -0.4 is 4.74 Å². The van der Waals surface area contributed by atoms with Gasteiger partial charge in [0.05, 0.1) is 17.2 Å². The van der Waals surface area contributed by atoms with E-state index in [0.29, 0.717) is 16.6 Å². The van der Waals surface area contributed by atoms with Crippen molar-refractivity contribution in [2.24, 2.45) is 0 Å². The molecule has 0 aliphatic carbocycles. The van der Waals surface area contributed by atoms with Gasteiger partial charge in [-0.05, 0) is 35.9 Å². The molecule has 0 fully saturated rings. The quantitative estimate of drug-likeness (QED) is 0.371. The predicted molar refractivity (Wildman–Crippen MR) is 108 cm³/mol. The predicted octanol–water partition coefficient (Wildman–Crippen LogP) is 5.74. The third-order valence-corrected chi connectivity index (χ3v) is 5.49. The van der Waals surface area contributed by atoms with Gasteiger partial charge in [0, 0.05) is 17.9 Å². The van der Waals surface area contributed by atoms with E-state index >= 15 is 0 Å². The van der Waals surface area contributed by atoms with Gasteiger partial charge in [-0.15, -0.1) is 16.8 Å². The fraction of sp³-hybridized carbons (Fsp3) is 0.158. The molecule has 0 radical (unpaired) electrons. The van der Waals surface area contributed by atoms with Crippen molar-refractivity contribution in [2.75, 3.05) is 7.11 Å². The van der Waals surface area contributed by atoms with Crippen LogP contribution in [0.3, 0.4) is 0 Å². The lowest BCUT2D eigenvalue weighted by molar-refractivity contribution is 0.414. The van der Waals surface area contributed by atoms with E-state index < -0.39 is 0 Å². The first-order valence-electron chi connectivity index (χ1n) is 7.87. The first-order valence-corrected chi connectivity index (χ1v) is 9.61. The second kappa shape index (κ2) is 8.62. The topological polar surface area (TPSA) is 39.9 Å². The van der Waals surface area contributed by atoms with Crippen LogP contribution in [-0.2, 0) is 12.3 Å². The Kier molecular flexibility index (Phi) is 6.25. The van der Waals surface area contributed by atoms with Gasteiger partial charge >= 0.3 is 0 Å². The Morgan fingerprint density at radius 3 is 2.73 bits per heavy atom. The van der Waals surface area contributed by atoms with Crippen LogP contribution in [0.25, 0.3) is 11.4 Å². The Morgan fingerprint density at radius 2 is 2.00 bits per heavy atom. The van der Waals surface area contributed by atoms with Gasteiger partial charge in [0.25, 0.3) is 0 Å². The lowest BCUT2D eigenvalue weighted by Gasteiger charge is -2.09. The maximum Gasteiger partial charge on any atom is 0.192 e. The molecule has 1 aromatic heterocycles. The number of aromatic nitrogens is 3. The molecule has 7 heteroatoms. The van der Waals surface area contributed by atoms with Crippen LogP contribution in [0.2, 0.25) is 10.0 Å². The van der Waals surface area contributed by atoms with E-state index in [1.54, 1.807) is 31.0 Å². The largest absolute Gasteiger partial charge is 0.497 e. The average Bonchev–Trinajstić information content (AvgIpc) is 3.05. The normalized spacial score (nSPS) is 10.7. The number of thioether (sulfide) groups is 1. The number of ether oxygens (including phenoxy) is 1. The summed E-state index contributed by atoms with van der Waals surface area (Å²) in [5, 5.41) is 10.5. The molecule has 0 aliphatic rings. The number of hydrogen-bond acceptors (Lipinski definition) is 4. The fourth-order valence-corrected chi connectivity index (χ4v) is 3.64. The molecular formula is C19H17Cl2N3OS. The maximum absolute atomic E-state index is 6.14. The van der Waals surface area contributed by atoms with Crippen LogP contribution in [-0.4, -0.2) is 21.9 Å². The molecule has 0 spiro atoms. The van der Waals surface area contributed by atoms with Crippen molar-refractivity contribution in [3.8, 4) is 17.1 Å². The Balaban J connectivity index is 1.86. The highest BCUT2D eigenvalue weighted by Gasteiger charge is 2.15. The van der Waals surface area contributed by atoms with Crippen LogP contribution in [0.1, 0.15) is 5.56 Å². The highest BCUT2D eigenvalue weighted by molar-refractivity contribution is 7.98. The molecule has 0 atom stereocenters. The lowest BCUT2D eigenvalue weighted by atomic mass is 10.2. The number of benzene rings is 2. The molecular weight excluding hydrogens is 389 g/mol. The third-order valence-electron chi connectivity index (χ3n) is 3.71. The van der Waals surface area contributed by atoms with Gasteiger partial charge in [0.15, 0.2) is 11.0 Å². The standard InChI is InChI=1S/C19H17Cl2N3OS/c1-3-9-24-18(14-7-8-16(20)17(21)11-14)22-23-19(24)26-12-13-5-4-6-15(10-13)25-2/h3-8,10-11H,1,9,12H2,2H3. The Labute approximate surface area is 166 Å². The summed E-state index contributed by atoms with van der Waals surface area (Å²) in [4.78, 5) is 0. The van der Waals surface area contributed by atoms with Crippen molar-refractivity contribution in [3.05, 3.63) is 70.7 Å². The van der Waals surface area contributed by atoms with E-state index in [4.69, 9.17) is 27.9 Å². The van der Waals surface area contributed by atoms with Crippen molar-refractivity contribution >= 4 is 35.0 Å². The highest BCUT2D eigenvalue weighted by atomic mass is 35.5. The minimum atomic E-state index is 0.489. The summed E-state index contributed by atoms with van der Waals surface area (Å²) in [6.45, 7) is 4.43. The Bertz CT molecular complexity index is 927. The second-order valence-corrected chi connectivity index (χ2v) is 7.23. The SMILES string of the molecule is C=CCn1c(SCc2cccc(OC)c2)nnc1-c1ccc(Cl)c(Cl)c1. The number of allylic oxidation sites excluding steroid dienone is 1. The molecule has 0 saturated carbocycles.